The summed E-state index contributed by atoms with van der Waals surface area (Å²) in [5.41, 5.74) is 1.07. The Hall–Kier alpha value is -1.40. The van der Waals surface area contributed by atoms with E-state index in [2.05, 4.69) is 34.3 Å². The average Bonchev–Trinajstić information content (AvgIpc) is 2.75. The third-order valence-corrected chi connectivity index (χ3v) is 6.53. The van der Waals surface area contributed by atoms with E-state index in [0.717, 1.165) is 17.7 Å². The van der Waals surface area contributed by atoms with Gasteiger partial charge in [0.2, 0.25) is 0 Å². The van der Waals surface area contributed by atoms with E-state index in [1.54, 1.807) is 13.2 Å². The van der Waals surface area contributed by atoms with E-state index in [0.29, 0.717) is 13.0 Å². The summed E-state index contributed by atoms with van der Waals surface area (Å²) in [6, 6.07) is 7.89. The molecule has 0 unspecified atom stereocenters. The Kier molecular flexibility index (Phi) is 9.56. The Balaban J connectivity index is 2.23. The van der Waals surface area contributed by atoms with Crippen molar-refractivity contribution < 1.29 is 24.1 Å². The molecule has 1 N–H and O–H groups in total. The first-order valence-electron chi connectivity index (χ1n) is 11.5. The second-order valence-corrected chi connectivity index (χ2v) is 9.34. The van der Waals surface area contributed by atoms with Crippen LogP contribution in [0.3, 0.4) is 0 Å². The minimum atomic E-state index is -0.643. The van der Waals surface area contributed by atoms with Crippen molar-refractivity contribution in [2.24, 2.45) is 17.8 Å². The minimum Gasteiger partial charge on any atom is -0.497 e. The van der Waals surface area contributed by atoms with Gasteiger partial charge in [-0.2, -0.15) is 0 Å². The van der Waals surface area contributed by atoms with Crippen molar-refractivity contribution in [3.8, 4) is 5.75 Å². The maximum Gasteiger partial charge on any atom is 0.163 e. The summed E-state index contributed by atoms with van der Waals surface area (Å²) in [5.74, 6) is 0.396. The maximum atomic E-state index is 10.7. The molecule has 7 atom stereocenters. The van der Waals surface area contributed by atoms with Crippen molar-refractivity contribution in [3.63, 3.8) is 0 Å². The van der Waals surface area contributed by atoms with E-state index in [4.69, 9.17) is 18.9 Å². The molecular formula is C26H42O5. The quantitative estimate of drug-likeness (QED) is 0.476. The molecule has 1 aromatic carbocycles. The lowest BCUT2D eigenvalue weighted by atomic mass is 9.78. The standard InChI is InChI=1S/C26H42O5/c1-9-11-22(27)17(3)24(29-16-20-12-14-21(28-8)15-13-20)19(5)25-18(4)23(10-2)30-26(6,7)31-25/h9,12-15,17-19,22-25,27H,1,10-11,16H2,2-8H3/t17-,18+,19+,22-,23-,24-,25+/m0/s1. The van der Waals surface area contributed by atoms with E-state index in [1.807, 2.05) is 38.1 Å². The van der Waals surface area contributed by atoms with Crippen molar-refractivity contribution >= 4 is 0 Å². The molecule has 31 heavy (non-hydrogen) atoms. The molecule has 0 bridgehead atoms. The molecular weight excluding hydrogens is 392 g/mol. The van der Waals surface area contributed by atoms with Crippen LogP contribution in [-0.2, 0) is 20.8 Å². The van der Waals surface area contributed by atoms with E-state index in [-0.39, 0.29) is 36.1 Å². The van der Waals surface area contributed by atoms with Crippen molar-refractivity contribution in [1.82, 2.24) is 0 Å². The molecule has 1 fully saturated rings. The first kappa shape index (κ1) is 25.9. The monoisotopic (exact) mass is 434 g/mol. The van der Waals surface area contributed by atoms with Gasteiger partial charge >= 0.3 is 0 Å². The van der Waals surface area contributed by atoms with E-state index in [9.17, 15) is 5.11 Å². The third kappa shape index (κ3) is 6.79. The van der Waals surface area contributed by atoms with Crippen molar-refractivity contribution in [1.29, 1.82) is 0 Å². The Morgan fingerprint density at radius 1 is 1.19 bits per heavy atom. The maximum absolute atomic E-state index is 10.7. The van der Waals surface area contributed by atoms with Crippen LogP contribution < -0.4 is 4.74 Å². The summed E-state index contributed by atoms with van der Waals surface area (Å²) in [5, 5.41) is 10.7. The lowest BCUT2D eigenvalue weighted by molar-refractivity contribution is -0.332. The fraction of sp³-hybridized carbons (Fsp3) is 0.692. The molecule has 0 radical (unpaired) electrons. The SMILES string of the molecule is C=CC[C@H](O)[C@H](C)[C@H](OCc1ccc(OC)cc1)[C@@H](C)[C@@H]1OC(C)(C)O[C@@H](CC)[C@H]1C. The smallest absolute Gasteiger partial charge is 0.163 e. The molecule has 0 aromatic heterocycles. The van der Waals surface area contributed by atoms with Crippen LogP contribution in [0.1, 0.15) is 59.9 Å². The minimum absolute atomic E-state index is 0.0343. The summed E-state index contributed by atoms with van der Waals surface area (Å²) in [4.78, 5) is 0. The molecule has 1 saturated heterocycles. The van der Waals surface area contributed by atoms with Gasteiger partial charge in [-0.3, -0.25) is 0 Å². The molecule has 5 nitrogen and oxygen atoms in total. The molecule has 0 saturated carbocycles. The van der Waals surface area contributed by atoms with E-state index < -0.39 is 11.9 Å². The Bertz CT molecular complexity index is 671. The van der Waals surface area contributed by atoms with Gasteiger partial charge in [0.1, 0.15) is 5.75 Å². The predicted octanol–water partition coefficient (Wildman–Crippen LogP) is 5.36. The second kappa shape index (κ2) is 11.5. The summed E-state index contributed by atoms with van der Waals surface area (Å²) < 4.78 is 24.3. The van der Waals surface area contributed by atoms with Gasteiger partial charge < -0.3 is 24.1 Å². The van der Waals surface area contributed by atoms with Crippen LogP contribution in [0.5, 0.6) is 5.75 Å². The molecule has 0 amide bonds. The first-order chi connectivity index (χ1) is 14.6. The Morgan fingerprint density at radius 3 is 2.39 bits per heavy atom. The van der Waals surface area contributed by atoms with Gasteiger partial charge in [0.25, 0.3) is 0 Å². The van der Waals surface area contributed by atoms with Gasteiger partial charge in [-0.25, -0.2) is 0 Å². The third-order valence-electron chi connectivity index (χ3n) is 6.53. The molecule has 5 heteroatoms. The van der Waals surface area contributed by atoms with Crippen LogP contribution in [0.2, 0.25) is 0 Å². The van der Waals surface area contributed by atoms with Crippen LogP contribution in [-0.4, -0.2) is 42.4 Å². The highest BCUT2D eigenvalue weighted by Crippen LogP contribution is 2.39. The van der Waals surface area contributed by atoms with Crippen molar-refractivity contribution in [2.45, 2.75) is 91.2 Å². The fourth-order valence-electron chi connectivity index (χ4n) is 4.68. The topological polar surface area (TPSA) is 57.2 Å². The van der Waals surface area contributed by atoms with Gasteiger partial charge in [-0.1, -0.05) is 45.9 Å². The highest BCUT2D eigenvalue weighted by Gasteiger charge is 2.45. The average molecular weight is 435 g/mol. The number of rotatable bonds is 11. The number of hydrogen-bond donors (Lipinski definition) is 1. The molecule has 1 aliphatic rings. The normalized spacial score (nSPS) is 27.2. The van der Waals surface area contributed by atoms with Crippen LogP contribution in [0.15, 0.2) is 36.9 Å². The van der Waals surface area contributed by atoms with Gasteiger partial charge in [-0.15, -0.1) is 6.58 Å². The Morgan fingerprint density at radius 2 is 1.84 bits per heavy atom. The molecule has 0 spiro atoms. The van der Waals surface area contributed by atoms with Crippen molar-refractivity contribution in [3.05, 3.63) is 42.5 Å². The van der Waals surface area contributed by atoms with Gasteiger partial charge in [0.15, 0.2) is 5.79 Å². The predicted molar refractivity (Wildman–Crippen MR) is 124 cm³/mol. The van der Waals surface area contributed by atoms with Crippen LogP contribution in [0.25, 0.3) is 0 Å². The fourth-order valence-corrected chi connectivity index (χ4v) is 4.68. The van der Waals surface area contributed by atoms with Crippen LogP contribution >= 0.6 is 0 Å². The molecule has 176 valence electrons. The number of hydrogen-bond acceptors (Lipinski definition) is 5. The number of benzene rings is 1. The van der Waals surface area contributed by atoms with E-state index in [1.165, 1.54) is 0 Å². The largest absolute Gasteiger partial charge is 0.497 e. The summed E-state index contributed by atoms with van der Waals surface area (Å²) in [6.07, 6.45) is 2.62. The summed E-state index contributed by atoms with van der Waals surface area (Å²) in [7, 11) is 1.66. The number of aliphatic hydroxyl groups is 1. The van der Waals surface area contributed by atoms with Crippen LogP contribution in [0.4, 0.5) is 0 Å². The molecule has 2 rings (SSSR count). The number of ether oxygens (including phenoxy) is 4. The second-order valence-electron chi connectivity index (χ2n) is 9.34. The van der Waals surface area contributed by atoms with Gasteiger partial charge in [0.05, 0.1) is 38.1 Å². The summed E-state index contributed by atoms with van der Waals surface area (Å²) in [6.45, 7) is 16.8. The Labute approximate surface area is 188 Å². The first-order valence-corrected chi connectivity index (χ1v) is 11.5. The van der Waals surface area contributed by atoms with E-state index >= 15 is 0 Å². The molecule has 1 aliphatic heterocycles. The lowest BCUT2D eigenvalue weighted by Gasteiger charge is -2.49. The zero-order valence-electron chi connectivity index (χ0n) is 20.3. The van der Waals surface area contributed by atoms with Crippen LogP contribution in [0, 0.1) is 17.8 Å². The molecule has 1 aromatic rings. The molecule has 0 aliphatic carbocycles. The van der Waals surface area contributed by atoms with Gasteiger partial charge in [-0.05, 0) is 44.4 Å². The number of aliphatic hydroxyl groups excluding tert-OH is 1. The molecule has 1 heterocycles. The summed E-state index contributed by atoms with van der Waals surface area (Å²) >= 11 is 0. The highest BCUT2D eigenvalue weighted by molar-refractivity contribution is 5.26. The van der Waals surface area contributed by atoms with Crippen molar-refractivity contribution in [2.75, 3.05) is 7.11 Å². The number of methoxy groups -OCH3 is 1. The zero-order chi connectivity index (χ0) is 23.2. The van der Waals surface area contributed by atoms with Gasteiger partial charge in [0, 0.05) is 17.8 Å². The highest BCUT2D eigenvalue weighted by atomic mass is 16.7. The lowest BCUT2D eigenvalue weighted by Crippen LogP contribution is -2.55. The zero-order valence-corrected chi connectivity index (χ0v) is 20.3.